The average molecular weight is 331 g/mol. The zero-order valence-corrected chi connectivity index (χ0v) is 13.5. The van der Waals surface area contributed by atoms with E-state index in [0.717, 1.165) is 0 Å². The first-order chi connectivity index (χ1) is 11.5. The molecule has 0 spiro atoms. The normalized spacial score (nSPS) is 10.1. The first-order valence-electron chi connectivity index (χ1n) is 7.15. The summed E-state index contributed by atoms with van der Waals surface area (Å²) < 4.78 is 4.99. The number of nitrogens with zero attached hydrogens (tertiary/aromatic N) is 4. The number of esters is 1. The average Bonchev–Trinajstić information content (AvgIpc) is 2.55. The zero-order valence-electron chi connectivity index (χ0n) is 13.5. The predicted molar refractivity (Wildman–Crippen MR) is 88.7 cm³/mol. The van der Waals surface area contributed by atoms with Gasteiger partial charge in [-0.05, 0) is 19.1 Å². The van der Waals surface area contributed by atoms with E-state index < -0.39 is 10.9 Å². The van der Waals surface area contributed by atoms with Gasteiger partial charge in [0.1, 0.15) is 6.33 Å². The number of carbonyl (C=O) groups excluding carboxylic acids is 1. The monoisotopic (exact) mass is 331 g/mol. The molecule has 1 heterocycles. The molecule has 1 aromatic heterocycles. The molecule has 2 rings (SSSR count). The van der Waals surface area contributed by atoms with Crippen molar-refractivity contribution in [1.82, 2.24) is 9.97 Å². The van der Waals surface area contributed by atoms with Crippen molar-refractivity contribution < 1.29 is 14.5 Å². The predicted octanol–water partition coefficient (Wildman–Crippen LogP) is 2.37. The topological polar surface area (TPSA) is 110 Å². The number of para-hydroxylation sites is 1. The minimum absolute atomic E-state index is 0.00421. The molecule has 0 aliphatic rings. The van der Waals surface area contributed by atoms with Crippen molar-refractivity contribution in [2.24, 2.45) is 0 Å². The lowest BCUT2D eigenvalue weighted by Crippen LogP contribution is -2.15. The number of nitro groups is 1. The highest BCUT2D eigenvalue weighted by Crippen LogP contribution is 2.33. The number of anilines is 3. The van der Waals surface area contributed by atoms with Crippen molar-refractivity contribution in [1.29, 1.82) is 0 Å². The number of benzene rings is 1. The molecule has 9 nitrogen and oxygen atoms in total. The summed E-state index contributed by atoms with van der Waals surface area (Å²) in [7, 11) is 3.29. The molecule has 0 amide bonds. The third kappa shape index (κ3) is 3.57. The number of nitrogens with one attached hydrogen (secondary N) is 1. The second-order valence-electron chi connectivity index (χ2n) is 4.94. The van der Waals surface area contributed by atoms with E-state index in [-0.39, 0.29) is 29.5 Å². The van der Waals surface area contributed by atoms with E-state index in [1.165, 1.54) is 11.2 Å². The van der Waals surface area contributed by atoms with E-state index in [1.807, 2.05) is 0 Å². The molecule has 0 saturated carbocycles. The first kappa shape index (κ1) is 17.1. The molecule has 0 unspecified atom stereocenters. The number of aromatic nitrogens is 2. The van der Waals surface area contributed by atoms with Crippen LogP contribution in [0.25, 0.3) is 0 Å². The SMILES string of the molecule is CCOC(=O)c1ccccc1Nc1ncnc(N(C)C)c1[N+](=O)[O-]. The molecule has 1 N–H and O–H groups in total. The van der Waals surface area contributed by atoms with Crippen LogP contribution < -0.4 is 10.2 Å². The highest BCUT2D eigenvalue weighted by atomic mass is 16.6. The highest BCUT2D eigenvalue weighted by molar-refractivity contribution is 5.96. The molecule has 0 saturated heterocycles. The van der Waals surface area contributed by atoms with Gasteiger partial charge in [-0.25, -0.2) is 14.8 Å². The maximum atomic E-state index is 12.0. The Morgan fingerprint density at radius 3 is 2.67 bits per heavy atom. The molecule has 1 aromatic carbocycles. The summed E-state index contributed by atoms with van der Waals surface area (Å²) in [5.74, 6) is -0.369. The van der Waals surface area contributed by atoms with Crippen molar-refractivity contribution in [2.45, 2.75) is 6.92 Å². The van der Waals surface area contributed by atoms with Gasteiger partial charge in [0, 0.05) is 14.1 Å². The second kappa shape index (κ2) is 7.36. The Bertz CT molecular complexity index is 763. The van der Waals surface area contributed by atoms with Crippen molar-refractivity contribution in [3.8, 4) is 0 Å². The van der Waals surface area contributed by atoms with E-state index in [2.05, 4.69) is 15.3 Å². The van der Waals surface area contributed by atoms with Crippen molar-refractivity contribution in [3.05, 3.63) is 46.3 Å². The lowest BCUT2D eigenvalue weighted by molar-refractivity contribution is -0.383. The molecular formula is C15H17N5O4. The van der Waals surface area contributed by atoms with Crippen LogP contribution in [-0.4, -0.2) is 41.6 Å². The van der Waals surface area contributed by atoms with E-state index in [4.69, 9.17) is 4.74 Å². The number of hydrogen-bond acceptors (Lipinski definition) is 8. The van der Waals surface area contributed by atoms with Crippen molar-refractivity contribution >= 4 is 29.0 Å². The van der Waals surface area contributed by atoms with Crippen LogP contribution in [0.5, 0.6) is 0 Å². The van der Waals surface area contributed by atoms with Crippen LogP contribution in [0.15, 0.2) is 30.6 Å². The summed E-state index contributed by atoms with van der Waals surface area (Å²) in [6.45, 7) is 1.93. The molecule has 0 atom stereocenters. The van der Waals surface area contributed by atoms with E-state index in [1.54, 1.807) is 45.3 Å². The number of ether oxygens (including phenoxy) is 1. The molecule has 0 fully saturated rings. The Hall–Kier alpha value is -3.23. The Morgan fingerprint density at radius 2 is 2.04 bits per heavy atom. The zero-order chi connectivity index (χ0) is 17.7. The summed E-state index contributed by atoms with van der Waals surface area (Å²) in [6.07, 6.45) is 1.22. The van der Waals surface area contributed by atoms with Crippen LogP contribution in [0.4, 0.5) is 23.0 Å². The summed E-state index contributed by atoms with van der Waals surface area (Å²) in [4.78, 5) is 32.3. The van der Waals surface area contributed by atoms with Gasteiger partial charge >= 0.3 is 11.7 Å². The molecule has 9 heteroatoms. The number of carbonyl (C=O) groups is 1. The fraction of sp³-hybridized carbons (Fsp3) is 0.267. The van der Waals surface area contributed by atoms with Crippen LogP contribution in [0, 0.1) is 10.1 Å². The number of rotatable bonds is 6. The third-order valence-corrected chi connectivity index (χ3v) is 3.08. The van der Waals surface area contributed by atoms with Gasteiger partial charge in [-0.2, -0.15) is 0 Å². The van der Waals surface area contributed by atoms with E-state index >= 15 is 0 Å². The fourth-order valence-corrected chi connectivity index (χ4v) is 2.06. The molecule has 0 aliphatic heterocycles. The van der Waals surface area contributed by atoms with Crippen LogP contribution in [0.1, 0.15) is 17.3 Å². The van der Waals surface area contributed by atoms with Gasteiger partial charge in [0.25, 0.3) is 0 Å². The lowest BCUT2D eigenvalue weighted by atomic mass is 10.2. The Morgan fingerprint density at radius 1 is 1.33 bits per heavy atom. The summed E-state index contributed by atoms with van der Waals surface area (Å²) >= 11 is 0. The minimum atomic E-state index is -0.565. The molecular weight excluding hydrogens is 314 g/mol. The van der Waals surface area contributed by atoms with Gasteiger partial charge in [-0.1, -0.05) is 12.1 Å². The van der Waals surface area contributed by atoms with E-state index in [0.29, 0.717) is 5.69 Å². The van der Waals surface area contributed by atoms with E-state index in [9.17, 15) is 14.9 Å². The summed E-state index contributed by atoms with van der Waals surface area (Å²) in [5.41, 5.74) is 0.349. The largest absolute Gasteiger partial charge is 0.462 e. The standard InChI is InChI=1S/C15H17N5O4/c1-4-24-15(21)10-7-5-6-8-11(10)18-13-12(20(22)23)14(19(2)3)17-9-16-13/h5-9H,4H2,1-3H3,(H,16,17,18). The smallest absolute Gasteiger partial charge is 0.353 e. The first-order valence-corrected chi connectivity index (χ1v) is 7.15. The molecule has 0 bridgehead atoms. The van der Waals surface area contributed by atoms with Crippen LogP contribution in [0.3, 0.4) is 0 Å². The van der Waals surface area contributed by atoms with Crippen LogP contribution in [-0.2, 0) is 4.74 Å². The van der Waals surface area contributed by atoms with Gasteiger partial charge < -0.3 is 15.0 Å². The Balaban J connectivity index is 2.48. The molecule has 2 aromatic rings. The van der Waals surface area contributed by atoms with Gasteiger partial charge in [0.2, 0.25) is 11.6 Å². The highest BCUT2D eigenvalue weighted by Gasteiger charge is 2.25. The maximum absolute atomic E-state index is 12.0. The number of hydrogen-bond donors (Lipinski definition) is 1. The fourth-order valence-electron chi connectivity index (χ4n) is 2.06. The van der Waals surface area contributed by atoms with Crippen LogP contribution >= 0.6 is 0 Å². The van der Waals surface area contributed by atoms with Crippen LogP contribution in [0.2, 0.25) is 0 Å². The minimum Gasteiger partial charge on any atom is -0.462 e. The Kier molecular flexibility index (Phi) is 5.25. The molecule has 24 heavy (non-hydrogen) atoms. The lowest BCUT2D eigenvalue weighted by Gasteiger charge is -2.14. The molecule has 0 radical (unpaired) electrons. The Labute approximate surface area is 138 Å². The van der Waals surface area contributed by atoms with Gasteiger partial charge in [0.05, 0.1) is 22.8 Å². The van der Waals surface area contributed by atoms with Crippen molar-refractivity contribution in [2.75, 3.05) is 30.9 Å². The van der Waals surface area contributed by atoms with Gasteiger partial charge in [-0.3, -0.25) is 10.1 Å². The van der Waals surface area contributed by atoms with Gasteiger partial charge in [-0.15, -0.1) is 0 Å². The quantitative estimate of drug-likeness (QED) is 0.488. The maximum Gasteiger partial charge on any atom is 0.353 e. The third-order valence-electron chi connectivity index (χ3n) is 3.08. The second-order valence-corrected chi connectivity index (χ2v) is 4.94. The summed E-state index contributed by atoms with van der Waals surface area (Å²) in [6, 6.07) is 6.57. The molecule has 0 aliphatic carbocycles. The summed E-state index contributed by atoms with van der Waals surface area (Å²) in [5, 5.41) is 14.3. The molecule has 126 valence electrons. The van der Waals surface area contributed by atoms with Gasteiger partial charge in [0.15, 0.2) is 0 Å². The van der Waals surface area contributed by atoms with Crippen molar-refractivity contribution in [3.63, 3.8) is 0 Å².